The summed E-state index contributed by atoms with van der Waals surface area (Å²) in [4.78, 5) is 23.9. The molecule has 21 heavy (non-hydrogen) atoms. The van der Waals surface area contributed by atoms with E-state index in [1.807, 2.05) is 0 Å². The standard InChI is InChI=1S/C15H15F3O3/c1-4-21-15(20)10(5-8(2)3)14(19)9-6-12(17)13(18)7-11(9)16/h5-8H,4H2,1-3H3/b10-5-. The Bertz CT molecular complexity index is 592. The van der Waals surface area contributed by atoms with Gasteiger partial charge in [-0.25, -0.2) is 18.0 Å². The van der Waals surface area contributed by atoms with Crippen LogP contribution in [0.3, 0.4) is 0 Å². The minimum atomic E-state index is -1.41. The second-order valence-corrected chi connectivity index (χ2v) is 4.62. The van der Waals surface area contributed by atoms with E-state index in [4.69, 9.17) is 4.74 Å². The van der Waals surface area contributed by atoms with Gasteiger partial charge in [0.05, 0.1) is 12.2 Å². The number of esters is 1. The lowest BCUT2D eigenvalue weighted by atomic mass is 9.99. The highest BCUT2D eigenvalue weighted by atomic mass is 19.2. The number of benzene rings is 1. The minimum Gasteiger partial charge on any atom is -0.462 e. The molecule has 6 heteroatoms. The van der Waals surface area contributed by atoms with Gasteiger partial charge >= 0.3 is 5.97 Å². The molecule has 1 aromatic rings. The summed E-state index contributed by atoms with van der Waals surface area (Å²) in [5, 5.41) is 0. The molecular formula is C15H15F3O3. The molecule has 0 spiro atoms. The molecule has 114 valence electrons. The zero-order chi connectivity index (χ0) is 16.2. The fourth-order valence-corrected chi connectivity index (χ4v) is 1.62. The van der Waals surface area contributed by atoms with Gasteiger partial charge in [0.2, 0.25) is 5.78 Å². The van der Waals surface area contributed by atoms with Crippen LogP contribution in [0.5, 0.6) is 0 Å². The van der Waals surface area contributed by atoms with E-state index in [0.717, 1.165) is 0 Å². The molecule has 1 rings (SSSR count). The lowest BCUT2D eigenvalue weighted by molar-refractivity contribution is -0.138. The average Bonchev–Trinajstić information content (AvgIpc) is 2.39. The molecule has 0 aliphatic heterocycles. The predicted octanol–water partition coefficient (Wildman–Crippen LogP) is 3.43. The Morgan fingerprint density at radius 3 is 2.24 bits per heavy atom. The number of allylic oxidation sites excluding steroid dienone is 1. The first-order valence-corrected chi connectivity index (χ1v) is 6.36. The zero-order valence-electron chi connectivity index (χ0n) is 11.9. The smallest absolute Gasteiger partial charge is 0.341 e. The Morgan fingerprint density at radius 1 is 1.14 bits per heavy atom. The van der Waals surface area contributed by atoms with Crippen molar-refractivity contribution in [3.8, 4) is 0 Å². The van der Waals surface area contributed by atoms with Crippen molar-refractivity contribution in [1.82, 2.24) is 0 Å². The molecule has 0 fully saturated rings. The first-order valence-electron chi connectivity index (χ1n) is 6.36. The van der Waals surface area contributed by atoms with Crippen molar-refractivity contribution in [3.05, 3.63) is 46.8 Å². The SMILES string of the molecule is CCOC(=O)/C(=C\C(C)C)C(=O)c1cc(F)c(F)cc1F. The maximum Gasteiger partial charge on any atom is 0.341 e. The first kappa shape index (κ1) is 16.9. The maximum absolute atomic E-state index is 13.6. The van der Waals surface area contributed by atoms with Crippen LogP contribution in [0.4, 0.5) is 13.2 Å². The van der Waals surface area contributed by atoms with E-state index in [1.165, 1.54) is 6.08 Å². The lowest BCUT2D eigenvalue weighted by Gasteiger charge is -2.09. The van der Waals surface area contributed by atoms with Gasteiger partial charge in [-0.3, -0.25) is 4.79 Å². The summed E-state index contributed by atoms with van der Waals surface area (Å²) in [5.41, 5.74) is -1.12. The van der Waals surface area contributed by atoms with E-state index in [2.05, 4.69) is 0 Å². The van der Waals surface area contributed by atoms with Crippen LogP contribution in [-0.2, 0) is 9.53 Å². The van der Waals surface area contributed by atoms with E-state index in [1.54, 1.807) is 20.8 Å². The van der Waals surface area contributed by atoms with Gasteiger partial charge in [-0.05, 0) is 18.9 Å². The number of carbonyl (C=O) groups is 2. The quantitative estimate of drug-likeness (QED) is 0.209. The van der Waals surface area contributed by atoms with Crippen LogP contribution in [0.2, 0.25) is 0 Å². The third-order valence-corrected chi connectivity index (χ3v) is 2.49. The molecule has 0 aliphatic carbocycles. The van der Waals surface area contributed by atoms with Crippen LogP contribution in [-0.4, -0.2) is 18.4 Å². The molecule has 0 N–H and O–H groups in total. The van der Waals surface area contributed by atoms with Crippen LogP contribution in [0.1, 0.15) is 31.1 Å². The van der Waals surface area contributed by atoms with E-state index in [-0.39, 0.29) is 18.6 Å². The van der Waals surface area contributed by atoms with Crippen LogP contribution >= 0.6 is 0 Å². The van der Waals surface area contributed by atoms with E-state index >= 15 is 0 Å². The molecule has 0 saturated carbocycles. The molecule has 0 aliphatic rings. The average molecular weight is 300 g/mol. The number of ether oxygens (including phenoxy) is 1. The van der Waals surface area contributed by atoms with Crippen LogP contribution in [0, 0.1) is 23.4 Å². The lowest BCUT2D eigenvalue weighted by Crippen LogP contribution is -2.18. The molecule has 1 aromatic carbocycles. The molecule has 0 saturated heterocycles. The van der Waals surface area contributed by atoms with Crippen molar-refractivity contribution in [2.75, 3.05) is 6.61 Å². The zero-order valence-corrected chi connectivity index (χ0v) is 11.9. The maximum atomic E-state index is 13.6. The predicted molar refractivity (Wildman–Crippen MR) is 70.2 cm³/mol. The summed E-state index contributed by atoms with van der Waals surface area (Å²) in [6, 6.07) is 0.696. The fraction of sp³-hybridized carbons (Fsp3) is 0.333. The minimum absolute atomic E-state index is 0.0296. The summed E-state index contributed by atoms with van der Waals surface area (Å²) in [6.07, 6.45) is 1.29. The van der Waals surface area contributed by atoms with Gasteiger partial charge in [-0.15, -0.1) is 0 Å². The number of ketones is 1. The van der Waals surface area contributed by atoms with Gasteiger partial charge < -0.3 is 4.74 Å². The highest BCUT2D eigenvalue weighted by Crippen LogP contribution is 2.19. The van der Waals surface area contributed by atoms with Gasteiger partial charge in [0.25, 0.3) is 0 Å². The number of Topliss-reactive ketones (excluding diaryl/α,β-unsaturated/α-hetero) is 1. The topological polar surface area (TPSA) is 43.4 Å². The van der Waals surface area contributed by atoms with Crippen molar-refractivity contribution < 1.29 is 27.5 Å². The third-order valence-electron chi connectivity index (χ3n) is 2.49. The highest BCUT2D eigenvalue weighted by Gasteiger charge is 2.25. The molecule has 0 aromatic heterocycles. The molecule has 0 unspecified atom stereocenters. The number of halogens is 3. The molecule has 0 bridgehead atoms. The van der Waals surface area contributed by atoms with Gasteiger partial charge in [0.1, 0.15) is 11.4 Å². The van der Waals surface area contributed by atoms with E-state index < -0.39 is 40.3 Å². The van der Waals surface area contributed by atoms with Crippen molar-refractivity contribution in [3.63, 3.8) is 0 Å². The molecule has 0 atom stereocenters. The fourth-order valence-electron chi connectivity index (χ4n) is 1.62. The number of rotatable bonds is 5. The van der Waals surface area contributed by atoms with Gasteiger partial charge in [0, 0.05) is 6.07 Å². The number of carbonyl (C=O) groups excluding carboxylic acids is 2. The molecule has 0 radical (unpaired) electrons. The van der Waals surface area contributed by atoms with Crippen molar-refractivity contribution in [2.24, 2.45) is 5.92 Å². The molecular weight excluding hydrogens is 285 g/mol. The number of hydrogen-bond donors (Lipinski definition) is 0. The monoisotopic (exact) mass is 300 g/mol. The first-order chi connectivity index (χ1) is 9.77. The van der Waals surface area contributed by atoms with Crippen LogP contribution in [0.15, 0.2) is 23.8 Å². The van der Waals surface area contributed by atoms with E-state index in [9.17, 15) is 22.8 Å². The Hall–Kier alpha value is -2.11. The normalized spacial score (nSPS) is 11.7. The van der Waals surface area contributed by atoms with E-state index in [0.29, 0.717) is 6.07 Å². The van der Waals surface area contributed by atoms with Gasteiger partial charge in [-0.1, -0.05) is 19.9 Å². The Labute approximate surface area is 120 Å². The summed E-state index contributed by atoms with van der Waals surface area (Å²) >= 11 is 0. The Morgan fingerprint density at radius 2 is 1.71 bits per heavy atom. The third kappa shape index (κ3) is 4.18. The Kier molecular flexibility index (Phi) is 5.69. The number of hydrogen-bond acceptors (Lipinski definition) is 3. The largest absolute Gasteiger partial charge is 0.462 e. The second kappa shape index (κ2) is 7.06. The molecule has 0 heterocycles. The summed E-state index contributed by atoms with van der Waals surface area (Å²) in [5.74, 6) is -6.18. The van der Waals surface area contributed by atoms with Crippen molar-refractivity contribution in [1.29, 1.82) is 0 Å². The molecule has 0 amide bonds. The van der Waals surface area contributed by atoms with Crippen LogP contribution in [0.25, 0.3) is 0 Å². The van der Waals surface area contributed by atoms with Crippen molar-refractivity contribution in [2.45, 2.75) is 20.8 Å². The van der Waals surface area contributed by atoms with Crippen molar-refractivity contribution >= 4 is 11.8 Å². The van der Waals surface area contributed by atoms with Crippen LogP contribution < -0.4 is 0 Å². The summed E-state index contributed by atoms with van der Waals surface area (Å²) in [6.45, 7) is 4.98. The summed E-state index contributed by atoms with van der Waals surface area (Å²) < 4.78 is 44.4. The Balaban J connectivity index is 3.30. The molecule has 3 nitrogen and oxygen atoms in total. The van der Waals surface area contributed by atoms with Gasteiger partial charge in [0.15, 0.2) is 11.6 Å². The second-order valence-electron chi connectivity index (χ2n) is 4.62. The highest BCUT2D eigenvalue weighted by molar-refractivity contribution is 6.24. The van der Waals surface area contributed by atoms with Gasteiger partial charge in [-0.2, -0.15) is 0 Å². The summed E-state index contributed by atoms with van der Waals surface area (Å²) in [7, 11) is 0.